The van der Waals surface area contributed by atoms with Gasteiger partial charge in [0.15, 0.2) is 0 Å². The Morgan fingerprint density at radius 1 is 1.38 bits per heavy atom. The molecule has 3 nitrogen and oxygen atoms in total. The highest BCUT2D eigenvalue weighted by Crippen LogP contribution is 2.24. The monoisotopic (exact) mass is 324 g/mol. The SMILES string of the molecule is COc1ccc(Cl)cc1CC(CCCc1cccs1)NN. The lowest BCUT2D eigenvalue weighted by Crippen LogP contribution is -2.36. The standard InChI is InChI=1S/C16H21ClN2OS/c1-20-16-8-7-13(17)10-12(16)11-14(19-18)4-2-5-15-6-3-9-21-15/h3,6-10,14,19H,2,4-5,11,18H2,1H3. The fraction of sp³-hybridized carbons (Fsp3) is 0.375. The van der Waals surface area contributed by atoms with Gasteiger partial charge in [-0.05, 0) is 60.9 Å². The van der Waals surface area contributed by atoms with Gasteiger partial charge in [-0.2, -0.15) is 0 Å². The summed E-state index contributed by atoms with van der Waals surface area (Å²) in [6.07, 6.45) is 4.04. The number of rotatable bonds is 8. The first-order valence-electron chi connectivity index (χ1n) is 7.04. The third-order valence-electron chi connectivity index (χ3n) is 3.50. The summed E-state index contributed by atoms with van der Waals surface area (Å²) in [6.45, 7) is 0. The minimum atomic E-state index is 0.220. The summed E-state index contributed by atoms with van der Waals surface area (Å²) >= 11 is 7.87. The van der Waals surface area contributed by atoms with Gasteiger partial charge >= 0.3 is 0 Å². The first kappa shape index (κ1) is 16.3. The third-order valence-corrected chi connectivity index (χ3v) is 4.67. The molecule has 0 aliphatic rings. The molecule has 0 bridgehead atoms. The highest BCUT2D eigenvalue weighted by Gasteiger charge is 2.12. The van der Waals surface area contributed by atoms with Gasteiger partial charge in [-0.1, -0.05) is 17.7 Å². The van der Waals surface area contributed by atoms with Crippen molar-refractivity contribution in [1.29, 1.82) is 0 Å². The van der Waals surface area contributed by atoms with Gasteiger partial charge in [-0.15, -0.1) is 11.3 Å². The minimum absolute atomic E-state index is 0.220. The molecule has 1 unspecified atom stereocenters. The molecule has 3 N–H and O–H groups in total. The number of aryl methyl sites for hydroxylation is 1. The lowest BCUT2D eigenvalue weighted by Gasteiger charge is -2.17. The molecule has 0 spiro atoms. The van der Waals surface area contributed by atoms with Gasteiger partial charge < -0.3 is 4.74 Å². The van der Waals surface area contributed by atoms with Crippen LogP contribution >= 0.6 is 22.9 Å². The Balaban J connectivity index is 1.90. The van der Waals surface area contributed by atoms with Crippen molar-refractivity contribution in [3.63, 3.8) is 0 Å². The zero-order valence-electron chi connectivity index (χ0n) is 12.1. The van der Waals surface area contributed by atoms with Crippen LogP contribution in [-0.2, 0) is 12.8 Å². The van der Waals surface area contributed by atoms with Crippen LogP contribution in [0.5, 0.6) is 5.75 Å². The zero-order chi connectivity index (χ0) is 15.1. The number of benzene rings is 1. The quantitative estimate of drug-likeness (QED) is 0.573. The maximum absolute atomic E-state index is 6.07. The fourth-order valence-electron chi connectivity index (χ4n) is 2.39. The van der Waals surface area contributed by atoms with Crippen LogP contribution in [0.4, 0.5) is 0 Å². The molecule has 2 aromatic rings. The van der Waals surface area contributed by atoms with E-state index in [-0.39, 0.29) is 6.04 Å². The number of hydrogen-bond acceptors (Lipinski definition) is 4. The summed E-state index contributed by atoms with van der Waals surface area (Å²) in [6, 6.07) is 10.2. The van der Waals surface area contributed by atoms with Crippen LogP contribution in [0.15, 0.2) is 35.7 Å². The van der Waals surface area contributed by atoms with E-state index in [4.69, 9.17) is 22.2 Å². The number of hydrazine groups is 1. The van der Waals surface area contributed by atoms with Gasteiger partial charge in [-0.3, -0.25) is 11.3 Å². The maximum Gasteiger partial charge on any atom is 0.122 e. The molecule has 0 saturated heterocycles. The van der Waals surface area contributed by atoms with Crippen LogP contribution < -0.4 is 16.0 Å². The predicted molar refractivity (Wildman–Crippen MR) is 90.1 cm³/mol. The van der Waals surface area contributed by atoms with Gasteiger partial charge in [0.2, 0.25) is 0 Å². The predicted octanol–water partition coefficient (Wildman–Crippen LogP) is 3.81. The van der Waals surface area contributed by atoms with Gasteiger partial charge in [0.1, 0.15) is 5.75 Å². The lowest BCUT2D eigenvalue weighted by molar-refractivity contribution is 0.402. The Bertz CT molecular complexity index is 545. The Morgan fingerprint density at radius 2 is 2.24 bits per heavy atom. The second kappa shape index (κ2) is 8.39. The van der Waals surface area contributed by atoms with Crippen molar-refractivity contribution in [1.82, 2.24) is 5.43 Å². The second-order valence-electron chi connectivity index (χ2n) is 5.00. The number of ether oxygens (including phenoxy) is 1. The van der Waals surface area contributed by atoms with E-state index >= 15 is 0 Å². The Morgan fingerprint density at radius 3 is 2.90 bits per heavy atom. The van der Waals surface area contributed by atoms with Crippen LogP contribution in [0.2, 0.25) is 5.02 Å². The molecule has 21 heavy (non-hydrogen) atoms. The Kier molecular flexibility index (Phi) is 6.51. The van der Waals surface area contributed by atoms with Crippen LogP contribution in [0.3, 0.4) is 0 Å². The number of hydrogen-bond donors (Lipinski definition) is 2. The lowest BCUT2D eigenvalue weighted by atomic mass is 10.0. The van der Waals surface area contributed by atoms with E-state index in [1.807, 2.05) is 18.2 Å². The van der Waals surface area contributed by atoms with E-state index in [2.05, 4.69) is 22.9 Å². The van der Waals surface area contributed by atoms with Crippen molar-refractivity contribution < 1.29 is 4.74 Å². The molecule has 114 valence electrons. The molecule has 0 aliphatic carbocycles. The normalized spacial score (nSPS) is 12.3. The average Bonchev–Trinajstić information content (AvgIpc) is 2.99. The van der Waals surface area contributed by atoms with E-state index < -0.39 is 0 Å². The number of halogens is 1. The number of methoxy groups -OCH3 is 1. The second-order valence-corrected chi connectivity index (χ2v) is 6.46. The molecule has 2 rings (SSSR count). The smallest absolute Gasteiger partial charge is 0.122 e. The molecule has 0 aliphatic heterocycles. The molecule has 1 aromatic carbocycles. The first-order valence-corrected chi connectivity index (χ1v) is 8.29. The van der Waals surface area contributed by atoms with E-state index in [0.717, 1.165) is 42.0 Å². The maximum atomic E-state index is 6.07. The topological polar surface area (TPSA) is 47.3 Å². The van der Waals surface area contributed by atoms with E-state index in [0.29, 0.717) is 0 Å². The summed E-state index contributed by atoms with van der Waals surface area (Å²) in [5.41, 5.74) is 3.99. The van der Waals surface area contributed by atoms with Crippen LogP contribution in [0, 0.1) is 0 Å². The van der Waals surface area contributed by atoms with E-state index in [1.165, 1.54) is 4.88 Å². The highest BCUT2D eigenvalue weighted by atomic mass is 35.5. The summed E-state index contributed by atoms with van der Waals surface area (Å²) in [5.74, 6) is 6.55. The molecule has 0 amide bonds. The molecule has 1 heterocycles. The minimum Gasteiger partial charge on any atom is -0.496 e. The molecule has 0 saturated carbocycles. The van der Waals surface area contributed by atoms with Crippen LogP contribution in [0.1, 0.15) is 23.3 Å². The number of thiophene rings is 1. The van der Waals surface area contributed by atoms with Crippen molar-refractivity contribution >= 4 is 22.9 Å². The van der Waals surface area contributed by atoms with Crippen molar-refractivity contribution in [2.75, 3.05) is 7.11 Å². The van der Waals surface area contributed by atoms with E-state index in [1.54, 1.807) is 18.4 Å². The first-order chi connectivity index (χ1) is 10.2. The highest BCUT2D eigenvalue weighted by molar-refractivity contribution is 7.09. The zero-order valence-corrected chi connectivity index (χ0v) is 13.7. The van der Waals surface area contributed by atoms with Crippen molar-refractivity contribution in [3.8, 4) is 5.75 Å². The summed E-state index contributed by atoms with van der Waals surface area (Å²) in [5, 5.41) is 2.84. The van der Waals surface area contributed by atoms with Gasteiger partial charge in [-0.25, -0.2) is 0 Å². The van der Waals surface area contributed by atoms with Crippen molar-refractivity contribution in [2.24, 2.45) is 5.84 Å². The third kappa shape index (κ3) is 5.00. The molecule has 1 aromatic heterocycles. The number of nitrogens with one attached hydrogen (secondary N) is 1. The summed E-state index contributed by atoms with van der Waals surface area (Å²) < 4.78 is 5.38. The average molecular weight is 325 g/mol. The largest absolute Gasteiger partial charge is 0.496 e. The summed E-state index contributed by atoms with van der Waals surface area (Å²) in [7, 11) is 1.68. The molecule has 0 fully saturated rings. The molecule has 1 atom stereocenters. The van der Waals surface area contributed by atoms with Gasteiger partial charge in [0.05, 0.1) is 7.11 Å². The number of nitrogens with two attached hydrogens (primary N) is 1. The molecular formula is C16H21ClN2OS. The van der Waals surface area contributed by atoms with Gasteiger partial charge in [0, 0.05) is 15.9 Å². The van der Waals surface area contributed by atoms with Crippen LogP contribution in [0.25, 0.3) is 0 Å². The van der Waals surface area contributed by atoms with Gasteiger partial charge in [0.25, 0.3) is 0 Å². The Hall–Kier alpha value is -1.07. The molecule has 5 heteroatoms. The fourth-order valence-corrected chi connectivity index (χ4v) is 3.34. The van der Waals surface area contributed by atoms with E-state index in [9.17, 15) is 0 Å². The van der Waals surface area contributed by atoms with Crippen molar-refractivity contribution in [2.45, 2.75) is 31.7 Å². The van der Waals surface area contributed by atoms with Crippen LogP contribution in [-0.4, -0.2) is 13.2 Å². The van der Waals surface area contributed by atoms with Crippen molar-refractivity contribution in [3.05, 3.63) is 51.2 Å². The molecule has 0 radical (unpaired) electrons. The Labute approximate surface area is 135 Å². The summed E-state index contributed by atoms with van der Waals surface area (Å²) in [4.78, 5) is 1.42. The molecular weight excluding hydrogens is 304 g/mol.